The monoisotopic (exact) mass is 327 g/mol. The molecule has 1 aliphatic rings. The number of hydrogen-bond donors (Lipinski definition) is 0. The second kappa shape index (κ2) is 7.07. The van der Waals surface area contributed by atoms with Gasteiger partial charge in [-0.15, -0.1) is 0 Å². The molecule has 1 saturated heterocycles. The maximum atomic E-state index is 11.6. The Morgan fingerprint density at radius 2 is 2.06 bits per heavy atom. The van der Waals surface area contributed by atoms with Crippen molar-refractivity contribution in [2.45, 2.75) is 32.5 Å². The average Bonchev–Trinajstić information content (AvgIpc) is 2.26. The number of morpholine rings is 1. The minimum Gasteiger partial charge on any atom is -0.372 e. The molecule has 0 N–H and O–H groups in total. The highest BCUT2D eigenvalue weighted by Crippen LogP contribution is 2.13. The SMILES string of the molecule is CCCS(=O)(=O)CCN1CC(C)OC(CBr)C1. The van der Waals surface area contributed by atoms with E-state index in [0.29, 0.717) is 18.7 Å². The fraction of sp³-hybridized carbons (Fsp3) is 1.00. The Morgan fingerprint density at radius 1 is 1.35 bits per heavy atom. The zero-order valence-electron chi connectivity index (χ0n) is 10.6. The van der Waals surface area contributed by atoms with Crippen molar-refractivity contribution >= 4 is 25.8 Å². The van der Waals surface area contributed by atoms with Crippen molar-refractivity contribution in [3.05, 3.63) is 0 Å². The molecular weight excluding hydrogens is 306 g/mol. The fourth-order valence-electron chi connectivity index (χ4n) is 2.09. The minimum atomic E-state index is -2.87. The van der Waals surface area contributed by atoms with Gasteiger partial charge in [-0.3, -0.25) is 4.90 Å². The summed E-state index contributed by atoms with van der Waals surface area (Å²) in [6.07, 6.45) is 1.05. The summed E-state index contributed by atoms with van der Waals surface area (Å²) < 4.78 is 29.0. The molecule has 1 fully saturated rings. The summed E-state index contributed by atoms with van der Waals surface area (Å²) in [5.41, 5.74) is 0. The zero-order chi connectivity index (χ0) is 12.9. The maximum absolute atomic E-state index is 11.6. The fourth-order valence-corrected chi connectivity index (χ4v) is 3.81. The van der Waals surface area contributed by atoms with Gasteiger partial charge in [-0.2, -0.15) is 0 Å². The third-order valence-corrected chi connectivity index (χ3v) is 5.36. The first-order valence-corrected chi connectivity index (χ1v) is 9.05. The molecule has 6 heteroatoms. The topological polar surface area (TPSA) is 46.6 Å². The van der Waals surface area contributed by atoms with Crippen LogP contribution >= 0.6 is 15.9 Å². The van der Waals surface area contributed by atoms with Crippen molar-refractivity contribution in [3.63, 3.8) is 0 Å². The highest BCUT2D eigenvalue weighted by Gasteiger charge is 2.25. The van der Waals surface area contributed by atoms with Crippen LogP contribution in [0.25, 0.3) is 0 Å². The first kappa shape index (κ1) is 15.4. The molecule has 1 heterocycles. The van der Waals surface area contributed by atoms with Crippen LogP contribution < -0.4 is 0 Å². The first-order valence-electron chi connectivity index (χ1n) is 6.11. The maximum Gasteiger partial charge on any atom is 0.151 e. The van der Waals surface area contributed by atoms with Gasteiger partial charge in [0.25, 0.3) is 0 Å². The number of ether oxygens (including phenoxy) is 1. The predicted molar refractivity (Wildman–Crippen MR) is 73.5 cm³/mol. The number of halogens is 1. The van der Waals surface area contributed by atoms with Gasteiger partial charge >= 0.3 is 0 Å². The van der Waals surface area contributed by atoms with Gasteiger partial charge in [-0.1, -0.05) is 22.9 Å². The van der Waals surface area contributed by atoms with Crippen molar-refractivity contribution in [2.24, 2.45) is 0 Å². The number of rotatable bonds is 6. The van der Waals surface area contributed by atoms with Crippen LogP contribution in [0.1, 0.15) is 20.3 Å². The van der Waals surface area contributed by atoms with Crippen molar-refractivity contribution in [1.29, 1.82) is 0 Å². The molecular formula is C11H22BrNO3S. The van der Waals surface area contributed by atoms with Gasteiger partial charge in [-0.25, -0.2) is 8.42 Å². The van der Waals surface area contributed by atoms with E-state index >= 15 is 0 Å². The molecule has 0 saturated carbocycles. The summed E-state index contributed by atoms with van der Waals surface area (Å²) in [6.45, 7) is 6.19. The molecule has 0 aromatic carbocycles. The van der Waals surface area contributed by atoms with Crippen molar-refractivity contribution in [3.8, 4) is 0 Å². The van der Waals surface area contributed by atoms with E-state index in [-0.39, 0.29) is 18.0 Å². The lowest BCUT2D eigenvalue weighted by atomic mass is 10.2. The summed E-state index contributed by atoms with van der Waals surface area (Å²) in [5, 5.41) is 0.801. The lowest BCUT2D eigenvalue weighted by Gasteiger charge is -2.36. The molecule has 0 radical (unpaired) electrons. The van der Waals surface area contributed by atoms with Gasteiger partial charge < -0.3 is 4.74 Å². The van der Waals surface area contributed by atoms with E-state index in [1.165, 1.54) is 0 Å². The van der Waals surface area contributed by atoms with E-state index in [1.807, 2.05) is 13.8 Å². The van der Waals surface area contributed by atoms with Gasteiger partial charge in [0, 0.05) is 30.7 Å². The number of alkyl halides is 1. The normalized spacial score (nSPS) is 27.2. The lowest BCUT2D eigenvalue weighted by Crippen LogP contribution is -2.48. The number of nitrogens with zero attached hydrogens (tertiary/aromatic N) is 1. The van der Waals surface area contributed by atoms with Gasteiger partial charge in [0.05, 0.1) is 18.0 Å². The first-order chi connectivity index (χ1) is 7.96. The number of sulfone groups is 1. The van der Waals surface area contributed by atoms with E-state index in [9.17, 15) is 8.42 Å². The quantitative estimate of drug-likeness (QED) is 0.690. The molecule has 0 aromatic rings. The van der Waals surface area contributed by atoms with E-state index < -0.39 is 9.84 Å². The Bertz CT molecular complexity index is 321. The summed E-state index contributed by atoms with van der Waals surface area (Å²) in [4.78, 5) is 2.19. The standard InChI is InChI=1S/C11H22BrNO3S/c1-3-5-17(14,15)6-4-13-8-10(2)16-11(7-12)9-13/h10-11H,3-9H2,1-2H3. The van der Waals surface area contributed by atoms with Crippen LogP contribution in [0, 0.1) is 0 Å². The van der Waals surface area contributed by atoms with E-state index in [0.717, 1.165) is 18.4 Å². The molecule has 1 rings (SSSR count). The summed E-state index contributed by atoms with van der Waals surface area (Å²) in [5.74, 6) is 0.567. The molecule has 0 amide bonds. The van der Waals surface area contributed by atoms with Crippen LogP contribution in [0.2, 0.25) is 0 Å². The molecule has 2 atom stereocenters. The van der Waals surface area contributed by atoms with E-state index in [4.69, 9.17) is 4.74 Å². The third kappa shape index (κ3) is 5.68. The molecule has 1 aliphatic heterocycles. The number of hydrogen-bond acceptors (Lipinski definition) is 4. The summed E-state index contributed by atoms with van der Waals surface area (Å²) in [7, 11) is -2.87. The Morgan fingerprint density at radius 3 is 2.65 bits per heavy atom. The predicted octanol–water partition coefficient (Wildman–Crippen LogP) is 1.30. The molecule has 0 bridgehead atoms. The molecule has 0 aromatic heterocycles. The van der Waals surface area contributed by atoms with Gasteiger partial charge in [0.1, 0.15) is 0 Å². The average molecular weight is 328 g/mol. The zero-order valence-corrected chi connectivity index (χ0v) is 13.0. The largest absolute Gasteiger partial charge is 0.372 e. The molecule has 17 heavy (non-hydrogen) atoms. The third-order valence-electron chi connectivity index (χ3n) is 2.81. The van der Waals surface area contributed by atoms with Crippen LogP contribution in [-0.2, 0) is 14.6 Å². The Kier molecular flexibility index (Phi) is 6.40. The van der Waals surface area contributed by atoms with E-state index in [2.05, 4.69) is 20.8 Å². The van der Waals surface area contributed by atoms with Gasteiger partial charge in [0.2, 0.25) is 0 Å². The summed E-state index contributed by atoms with van der Waals surface area (Å²) in [6, 6.07) is 0. The smallest absolute Gasteiger partial charge is 0.151 e. The van der Waals surface area contributed by atoms with Crippen molar-refractivity contribution in [2.75, 3.05) is 36.5 Å². The molecule has 102 valence electrons. The summed E-state index contributed by atoms with van der Waals surface area (Å²) >= 11 is 3.41. The Labute approximate surface area is 113 Å². The Balaban J connectivity index is 2.41. The second-order valence-electron chi connectivity index (χ2n) is 4.63. The minimum absolute atomic E-state index is 0.174. The van der Waals surface area contributed by atoms with Gasteiger partial charge in [0.15, 0.2) is 9.84 Å². The van der Waals surface area contributed by atoms with Crippen LogP contribution in [0.5, 0.6) is 0 Å². The molecule has 0 aliphatic carbocycles. The van der Waals surface area contributed by atoms with Crippen molar-refractivity contribution < 1.29 is 13.2 Å². The van der Waals surface area contributed by atoms with Crippen LogP contribution in [0.3, 0.4) is 0 Å². The highest BCUT2D eigenvalue weighted by molar-refractivity contribution is 9.09. The van der Waals surface area contributed by atoms with Gasteiger partial charge in [-0.05, 0) is 13.3 Å². The molecule has 2 unspecified atom stereocenters. The second-order valence-corrected chi connectivity index (χ2v) is 7.59. The Hall–Kier alpha value is 0.350. The van der Waals surface area contributed by atoms with Crippen LogP contribution in [0.4, 0.5) is 0 Å². The van der Waals surface area contributed by atoms with E-state index in [1.54, 1.807) is 0 Å². The molecule has 4 nitrogen and oxygen atoms in total. The molecule has 0 spiro atoms. The lowest BCUT2D eigenvalue weighted by molar-refractivity contribution is -0.0634. The van der Waals surface area contributed by atoms with Crippen LogP contribution in [-0.4, -0.2) is 62.0 Å². The van der Waals surface area contributed by atoms with Crippen molar-refractivity contribution in [1.82, 2.24) is 4.90 Å². The highest BCUT2D eigenvalue weighted by atomic mass is 79.9. The van der Waals surface area contributed by atoms with Crippen LogP contribution in [0.15, 0.2) is 0 Å².